The van der Waals surface area contributed by atoms with Crippen LogP contribution in [0.3, 0.4) is 0 Å². The minimum atomic E-state index is -3.18. The van der Waals surface area contributed by atoms with Crippen LogP contribution in [0, 0.1) is 0 Å². The molecule has 0 saturated carbocycles. The van der Waals surface area contributed by atoms with Gasteiger partial charge in [-0.25, -0.2) is 12.7 Å². The van der Waals surface area contributed by atoms with E-state index in [0.29, 0.717) is 13.1 Å². The van der Waals surface area contributed by atoms with Crippen molar-refractivity contribution in [3.05, 3.63) is 0 Å². The van der Waals surface area contributed by atoms with Gasteiger partial charge in [0.25, 0.3) is 0 Å². The summed E-state index contributed by atoms with van der Waals surface area (Å²) in [5, 5.41) is 0. The van der Waals surface area contributed by atoms with Gasteiger partial charge in [0.15, 0.2) is 0 Å². The zero-order valence-electron chi connectivity index (χ0n) is 9.05. The topological polar surface area (TPSA) is 72.6 Å². The normalized spacial score (nSPS) is 24.9. The third kappa shape index (κ3) is 4.24. The molecule has 7 heteroatoms. The molecule has 5 nitrogen and oxygen atoms in total. The highest BCUT2D eigenvalue weighted by atomic mass is 35.5. The smallest absolute Gasteiger partial charge is 0.216 e. The van der Waals surface area contributed by atoms with Crippen molar-refractivity contribution >= 4 is 22.4 Å². The quantitative estimate of drug-likeness (QED) is 0.759. The summed E-state index contributed by atoms with van der Waals surface area (Å²) >= 11 is 0. The third-order valence-electron chi connectivity index (χ3n) is 2.43. The van der Waals surface area contributed by atoms with Crippen molar-refractivity contribution in [2.75, 3.05) is 26.0 Å². The zero-order chi connectivity index (χ0) is 10.8. The minimum absolute atomic E-state index is 0. The van der Waals surface area contributed by atoms with Crippen molar-refractivity contribution in [2.24, 2.45) is 5.73 Å². The number of methoxy groups -OCH3 is 1. The van der Waals surface area contributed by atoms with Crippen LogP contribution in [0.1, 0.15) is 13.3 Å². The molecule has 0 aromatic carbocycles. The van der Waals surface area contributed by atoms with E-state index < -0.39 is 10.0 Å². The molecule has 0 amide bonds. The van der Waals surface area contributed by atoms with Crippen molar-refractivity contribution in [3.63, 3.8) is 0 Å². The van der Waals surface area contributed by atoms with Crippen LogP contribution in [0.15, 0.2) is 0 Å². The van der Waals surface area contributed by atoms with Gasteiger partial charge in [0.05, 0.1) is 11.9 Å². The Bertz CT molecular complexity index is 284. The molecule has 0 aromatic rings. The van der Waals surface area contributed by atoms with Gasteiger partial charge < -0.3 is 10.5 Å². The number of ether oxygens (including phenoxy) is 1. The van der Waals surface area contributed by atoms with E-state index in [0.717, 1.165) is 6.42 Å². The average Bonchev–Trinajstić information content (AvgIpc) is 2.51. The Morgan fingerprint density at radius 1 is 1.60 bits per heavy atom. The predicted molar refractivity (Wildman–Crippen MR) is 61.7 cm³/mol. The first-order chi connectivity index (χ1) is 6.45. The molecule has 15 heavy (non-hydrogen) atoms. The molecular weight excluding hydrogens is 240 g/mol. The summed E-state index contributed by atoms with van der Waals surface area (Å²) in [5.41, 5.74) is 5.65. The highest BCUT2D eigenvalue weighted by Gasteiger charge is 2.30. The second-order valence-electron chi connectivity index (χ2n) is 3.73. The first-order valence-corrected chi connectivity index (χ1v) is 6.33. The van der Waals surface area contributed by atoms with E-state index in [2.05, 4.69) is 0 Å². The lowest BCUT2D eigenvalue weighted by atomic mass is 10.3. The molecule has 1 aliphatic rings. The van der Waals surface area contributed by atoms with Gasteiger partial charge in [-0.3, -0.25) is 0 Å². The lowest BCUT2D eigenvalue weighted by molar-refractivity contribution is 0.135. The van der Waals surface area contributed by atoms with Gasteiger partial charge in [-0.05, 0) is 13.3 Å². The molecule has 1 aliphatic heterocycles. The van der Waals surface area contributed by atoms with Crippen molar-refractivity contribution in [1.29, 1.82) is 0 Å². The fourth-order valence-electron chi connectivity index (χ4n) is 1.48. The molecule has 92 valence electrons. The van der Waals surface area contributed by atoms with E-state index in [4.69, 9.17) is 10.5 Å². The Morgan fingerprint density at radius 3 is 2.60 bits per heavy atom. The number of hydrogen-bond donors (Lipinski definition) is 1. The summed E-state index contributed by atoms with van der Waals surface area (Å²) in [6, 6.07) is -0.0115. The van der Waals surface area contributed by atoms with Gasteiger partial charge in [-0.2, -0.15) is 0 Å². The van der Waals surface area contributed by atoms with Gasteiger partial charge in [0.1, 0.15) is 0 Å². The van der Waals surface area contributed by atoms with E-state index in [9.17, 15) is 8.42 Å². The van der Waals surface area contributed by atoms with Gasteiger partial charge in [-0.1, -0.05) is 0 Å². The molecule has 0 aromatic heterocycles. The lowest BCUT2D eigenvalue weighted by Crippen LogP contribution is -2.36. The number of nitrogens with zero attached hydrogens (tertiary/aromatic N) is 1. The summed E-state index contributed by atoms with van der Waals surface area (Å²) in [6.45, 7) is 2.73. The number of hydrogen-bond acceptors (Lipinski definition) is 4. The fraction of sp³-hybridized carbons (Fsp3) is 1.00. The first kappa shape index (κ1) is 15.1. The molecule has 1 fully saturated rings. The Hall–Kier alpha value is 0.120. The number of sulfonamides is 1. The predicted octanol–water partition coefficient (Wildman–Crippen LogP) is -0.194. The van der Waals surface area contributed by atoms with Gasteiger partial charge in [0, 0.05) is 26.2 Å². The maximum atomic E-state index is 11.7. The fourth-order valence-corrected chi connectivity index (χ4v) is 3.22. The summed E-state index contributed by atoms with van der Waals surface area (Å²) in [7, 11) is -1.67. The van der Waals surface area contributed by atoms with Crippen LogP contribution in [0.5, 0.6) is 0 Å². The van der Waals surface area contributed by atoms with Crippen LogP contribution in [-0.2, 0) is 14.8 Å². The minimum Gasteiger partial charge on any atom is -0.381 e. The highest BCUT2D eigenvalue weighted by Crippen LogP contribution is 2.13. The standard InChI is InChI=1S/C8H18N2O3S.ClH/c1-7(13-2)6-14(11,12)10-4-3-8(9)5-10;/h7-8H,3-6,9H2,1-2H3;1H/t7?,8-;/m0./s1. The average molecular weight is 259 g/mol. The van der Waals surface area contributed by atoms with Crippen molar-refractivity contribution in [3.8, 4) is 0 Å². The SMILES string of the molecule is COC(C)CS(=O)(=O)N1CC[C@H](N)C1.Cl. The van der Waals surface area contributed by atoms with E-state index in [1.54, 1.807) is 6.92 Å². The molecule has 0 aliphatic carbocycles. The van der Waals surface area contributed by atoms with Crippen LogP contribution >= 0.6 is 12.4 Å². The van der Waals surface area contributed by atoms with Gasteiger partial charge in [-0.15, -0.1) is 12.4 Å². The molecule has 2 N–H and O–H groups in total. The van der Waals surface area contributed by atoms with E-state index in [-0.39, 0.29) is 30.3 Å². The van der Waals surface area contributed by atoms with E-state index in [1.165, 1.54) is 11.4 Å². The molecule has 1 saturated heterocycles. The summed E-state index contributed by atoms with van der Waals surface area (Å²) < 4.78 is 29.9. The van der Waals surface area contributed by atoms with Crippen LogP contribution < -0.4 is 5.73 Å². The number of nitrogens with two attached hydrogens (primary N) is 1. The van der Waals surface area contributed by atoms with Crippen LogP contribution in [0.4, 0.5) is 0 Å². The zero-order valence-corrected chi connectivity index (χ0v) is 10.7. The van der Waals surface area contributed by atoms with Gasteiger partial charge >= 0.3 is 0 Å². The van der Waals surface area contributed by atoms with Crippen molar-refractivity contribution in [1.82, 2.24) is 4.31 Å². The maximum Gasteiger partial charge on any atom is 0.216 e. The Kier molecular flexibility index (Phi) is 6.05. The molecular formula is C8H19ClN2O3S. The van der Waals surface area contributed by atoms with Gasteiger partial charge in [0.2, 0.25) is 10.0 Å². The Morgan fingerprint density at radius 2 is 2.20 bits per heavy atom. The third-order valence-corrected chi connectivity index (χ3v) is 4.44. The second-order valence-corrected chi connectivity index (χ2v) is 5.75. The maximum absolute atomic E-state index is 11.7. The molecule has 0 bridgehead atoms. The highest BCUT2D eigenvalue weighted by molar-refractivity contribution is 7.89. The Balaban J connectivity index is 0.00000196. The summed E-state index contributed by atoms with van der Waals surface area (Å²) in [4.78, 5) is 0. The molecule has 1 rings (SSSR count). The Labute approximate surface area is 97.4 Å². The molecule has 1 heterocycles. The number of halogens is 1. The molecule has 0 radical (unpaired) electrons. The molecule has 0 spiro atoms. The van der Waals surface area contributed by atoms with E-state index >= 15 is 0 Å². The largest absolute Gasteiger partial charge is 0.381 e. The monoisotopic (exact) mass is 258 g/mol. The van der Waals surface area contributed by atoms with Crippen LogP contribution in [-0.4, -0.2) is 50.8 Å². The van der Waals surface area contributed by atoms with Crippen molar-refractivity contribution < 1.29 is 13.2 Å². The van der Waals surface area contributed by atoms with Crippen molar-refractivity contribution in [2.45, 2.75) is 25.5 Å². The first-order valence-electron chi connectivity index (χ1n) is 4.72. The van der Waals surface area contributed by atoms with Crippen LogP contribution in [0.25, 0.3) is 0 Å². The molecule has 2 atom stereocenters. The molecule has 1 unspecified atom stereocenters. The number of rotatable bonds is 4. The summed E-state index contributed by atoms with van der Waals surface area (Å²) in [5.74, 6) is 0.0379. The summed E-state index contributed by atoms with van der Waals surface area (Å²) in [6.07, 6.45) is 0.484. The van der Waals surface area contributed by atoms with Crippen LogP contribution in [0.2, 0.25) is 0 Å². The lowest BCUT2D eigenvalue weighted by Gasteiger charge is -2.18. The second kappa shape index (κ2) is 6.00. The van der Waals surface area contributed by atoms with E-state index in [1.807, 2.05) is 0 Å².